The summed E-state index contributed by atoms with van der Waals surface area (Å²) in [6, 6.07) is 0. The van der Waals surface area contributed by atoms with E-state index in [2.05, 4.69) is 23.6 Å². The van der Waals surface area contributed by atoms with Crippen LogP contribution in [-0.4, -0.2) is 25.7 Å². The molecule has 0 rings (SSSR count). The molecule has 2 nitrogen and oxygen atoms in total. The number of hydrogen-bond donors (Lipinski definition) is 0. The van der Waals surface area contributed by atoms with Crippen LogP contribution in [-0.2, 0) is 43.1 Å². The number of rotatable bonds is 2. The molecule has 0 amide bonds. The zero-order chi connectivity index (χ0) is 10.4. The molecule has 13 heavy (non-hydrogen) atoms. The van der Waals surface area contributed by atoms with Gasteiger partial charge in [-0.3, -0.25) is 0 Å². The maximum atomic E-state index is 10.4. The summed E-state index contributed by atoms with van der Waals surface area (Å²) >= 11 is 9.08. The quantitative estimate of drug-likeness (QED) is 0.558. The van der Waals surface area contributed by atoms with E-state index in [1.165, 1.54) is 0 Å². The molecule has 0 aromatic heterocycles. The van der Waals surface area contributed by atoms with Crippen molar-refractivity contribution in [2.75, 3.05) is 25.7 Å². The molecule has 0 fully saturated rings. The van der Waals surface area contributed by atoms with Crippen molar-refractivity contribution in [1.82, 2.24) is 0 Å². The third-order valence-corrected chi connectivity index (χ3v) is 5.00. The summed E-state index contributed by atoms with van der Waals surface area (Å²) in [5, 5.41) is 0. The van der Waals surface area contributed by atoms with Gasteiger partial charge in [-0.25, -0.2) is 0 Å². The smallest absolute Gasteiger partial charge is 0.821 e. The van der Waals surface area contributed by atoms with Crippen LogP contribution in [0.2, 0.25) is 0 Å². The Morgan fingerprint density at radius 3 is 1.00 bits per heavy atom. The van der Waals surface area contributed by atoms with E-state index in [-0.39, 0.29) is 19.5 Å². The Kier molecular flexibility index (Phi) is 14.2. The third kappa shape index (κ3) is 31.6. The standard InChI is InChI=1S/2C3H9OPS.Zn/c2*1-3-5(2,4)6;/h2*3H2,1-2H3,(H,4,6);/q;;+2/p-2. The van der Waals surface area contributed by atoms with Crippen molar-refractivity contribution < 1.29 is 29.3 Å². The first-order valence-corrected chi connectivity index (χ1v) is 10.4. The van der Waals surface area contributed by atoms with Crippen LogP contribution >= 0.6 is 12.5 Å². The minimum Gasteiger partial charge on any atom is -0.821 e. The van der Waals surface area contributed by atoms with Crippen molar-refractivity contribution in [2.45, 2.75) is 13.8 Å². The van der Waals surface area contributed by atoms with Crippen LogP contribution in [0, 0.1) is 0 Å². The molecule has 7 heteroatoms. The zero-order valence-electron chi connectivity index (χ0n) is 8.65. The van der Waals surface area contributed by atoms with Crippen molar-refractivity contribution in [3.8, 4) is 0 Å². The molecule has 0 saturated heterocycles. The Hall–Kier alpha value is 1.84. The summed E-state index contributed by atoms with van der Waals surface area (Å²) in [5.74, 6) is 0. The summed E-state index contributed by atoms with van der Waals surface area (Å²) in [6.45, 7) is 6.91. The zero-order valence-corrected chi connectivity index (χ0v) is 15.0. The van der Waals surface area contributed by atoms with Gasteiger partial charge in [-0.05, 0) is 25.7 Å². The van der Waals surface area contributed by atoms with E-state index >= 15 is 0 Å². The SMILES string of the molecule is CCP(C)([O-])=S.CCP(C)([O-])=S.[Zn+2]. The van der Waals surface area contributed by atoms with E-state index in [1.54, 1.807) is 13.3 Å². The maximum Gasteiger partial charge on any atom is 2.00 e. The Bertz CT molecular complexity index is 177. The summed E-state index contributed by atoms with van der Waals surface area (Å²) < 4.78 is 0. The summed E-state index contributed by atoms with van der Waals surface area (Å²) in [5.41, 5.74) is 0. The molecule has 0 spiro atoms. The fourth-order valence-electron chi connectivity index (χ4n) is 0. The molecule has 0 aromatic rings. The van der Waals surface area contributed by atoms with Gasteiger partial charge in [0.15, 0.2) is 0 Å². The van der Waals surface area contributed by atoms with Gasteiger partial charge in [0, 0.05) is 0 Å². The van der Waals surface area contributed by atoms with Crippen LogP contribution in [0.15, 0.2) is 0 Å². The Morgan fingerprint density at radius 2 is 1.00 bits per heavy atom. The molecule has 76 valence electrons. The summed E-state index contributed by atoms with van der Waals surface area (Å²) in [4.78, 5) is 20.8. The third-order valence-electron chi connectivity index (χ3n) is 1.15. The van der Waals surface area contributed by atoms with Crippen LogP contribution in [0.3, 0.4) is 0 Å². The van der Waals surface area contributed by atoms with Crippen molar-refractivity contribution >= 4 is 36.1 Å². The predicted octanol–water partition coefficient (Wildman–Crippen LogP) is 0.779. The first-order chi connectivity index (χ1) is 5.12. The van der Waals surface area contributed by atoms with E-state index in [0.717, 1.165) is 0 Å². The van der Waals surface area contributed by atoms with Crippen LogP contribution in [0.4, 0.5) is 0 Å². The van der Waals surface area contributed by atoms with Gasteiger partial charge < -0.3 is 9.79 Å². The van der Waals surface area contributed by atoms with Crippen LogP contribution < -0.4 is 9.79 Å². The van der Waals surface area contributed by atoms with E-state index < -0.39 is 12.5 Å². The van der Waals surface area contributed by atoms with Gasteiger partial charge in [0.05, 0.1) is 0 Å². The molecular formula is C6H16O2P2S2Zn. The largest absolute Gasteiger partial charge is 2.00 e. The molecule has 0 radical (unpaired) electrons. The molecule has 2 atom stereocenters. The van der Waals surface area contributed by atoms with E-state index in [9.17, 15) is 9.79 Å². The van der Waals surface area contributed by atoms with Crippen molar-refractivity contribution in [3.05, 3.63) is 0 Å². The predicted molar refractivity (Wildman–Crippen MR) is 61.5 cm³/mol. The van der Waals surface area contributed by atoms with Crippen LogP contribution in [0.1, 0.15) is 13.8 Å². The molecule has 0 heterocycles. The van der Waals surface area contributed by atoms with Gasteiger partial charge in [0.1, 0.15) is 0 Å². The van der Waals surface area contributed by atoms with Crippen molar-refractivity contribution in [2.24, 2.45) is 0 Å². The van der Waals surface area contributed by atoms with Gasteiger partial charge in [0.2, 0.25) is 0 Å². The monoisotopic (exact) mass is 310 g/mol. The van der Waals surface area contributed by atoms with Gasteiger partial charge in [-0.1, -0.05) is 13.8 Å². The van der Waals surface area contributed by atoms with Crippen molar-refractivity contribution in [3.63, 3.8) is 0 Å². The van der Waals surface area contributed by atoms with Crippen LogP contribution in [0.25, 0.3) is 0 Å². The average molecular weight is 312 g/mol. The second-order valence-electron chi connectivity index (χ2n) is 2.66. The molecular weight excluding hydrogens is 296 g/mol. The molecule has 0 aliphatic heterocycles. The molecule has 0 bridgehead atoms. The minimum absolute atomic E-state index is 0. The van der Waals surface area contributed by atoms with Crippen LogP contribution in [0.5, 0.6) is 0 Å². The van der Waals surface area contributed by atoms with E-state index in [1.807, 2.05) is 13.8 Å². The van der Waals surface area contributed by atoms with E-state index in [0.29, 0.717) is 12.3 Å². The molecule has 0 saturated carbocycles. The fourth-order valence-corrected chi connectivity index (χ4v) is 0. The average Bonchev–Trinajstić information content (AvgIpc) is 1.86. The second kappa shape index (κ2) is 9.10. The Labute approximate surface area is 104 Å². The molecule has 2 unspecified atom stereocenters. The summed E-state index contributed by atoms with van der Waals surface area (Å²) in [6.07, 6.45) is -2.84. The van der Waals surface area contributed by atoms with Gasteiger partial charge in [-0.2, -0.15) is 0 Å². The molecule has 0 aromatic carbocycles. The number of hydrogen-bond acceptors (Lipinski definition) is 4. The molecule has 0 aliphatic carbocycles. The Morgan fingerprint density at radius 1 is 0.923 bits per heavy atom. The first-order valence-electron chi connectivity index (χ1n) is 3.67. The Balaban J connectivity index is -0.000000143. The molecule has 0 aliphatic rings. The minimum atomic E-state index is -2.06. The first kappa shape index (κ1) is 20.3. The summed E-state index contributed by atoms with van der Waals surface area (Å²) in [7, 11) is 0. The molecule has 0 N–H and O–H groups in total. The maximum absolute atomic E-state index is 10.4. The van der Waals surface area contributed by atoms with Crippen molar-refractivity contribution in [1.29, 1.82) is 0 Å². The van der Waals surface area contributed by atoms with E-state index in [4.69, 9.17) is 0 Å². The van der Waals surface area contributed by atoms with Gasteiger partial charge >= 0.3 is 19.5 Å². The topological polar surface area (TPSA) is 46.1 Å². The fraction of sp³-hybridized carbons (Fsp3) is 1.00. The second-order valence-corrected chi connectivity index (χ2v) is 12.6. The normalized spacial score (nSPS) is 18.3. The van der Waals surface area contributed by atoms with Gasteiger partial charge in [-0.15, -0.1) is 36.1 Å². The van der Waals surface area contributed by atoms with Gasteiger partial charge in [0.25, 0.3) is 0 Å².